The summed E-state index contributed by atoms with van der Waals surface area (Å²) < 4.78 is 2.13. The van der Waals surface area contributed by atoms with E-state index in [1.165, 1.54) is 12.1 Å². The summed E-state index contributed by atoms with van der Waals surface area (Å²) >= 11 is 6.26. The minimum absolute atomic E-state index is 0.0329. The number of nitro benzene ring substituents is 1. The Bertz CT molecular complexity index is 1060. The van der Waals surface area contributed by atoms with Gasteiger partial charge in [0.25, 0.3) is 5.69 Å². The lowest BCUT2D eigenvalue weighted by molar-refractivity contribution is -0.384. The molecule has 0 radical (unpaired) electrons. The molecule has 28 heavy (non-hydrogen) atoms. The molecule has 0 spiro atoms. The molecule has 0 unspecified atom stereocenters. The predicted molar refractivity (Wildman–Crippen MR) is 110 cm³/mol. The topological polar surface area (TPSA) is 69.7 Å². The van der Waals surface area contributed by atoms with Crippen molar-refractivity contribution in [2.75, 3.05) is 0 Å². The first kappa shape index (κ1) is 19.6. The Kier molecular flexibility index (Phi) is 5.80. The minimum Gasteiger partial charge on any atom is -0.391 e. The Labute approximate surface area is 168 Å². The van der Waals surface area contributed by atoms with Gasteiger partial charge in [-0.3, -0.25) is 10.1 Å². The summed E-state index contributed by atoms with van der Waals surface area (Å²) in [5, 5.41) is 15.6. The number of nitro groups is 1. The quantitative estimate of drug-likeness (QED) is 0.312. The standard InChI is InChI=1S/C21H20ClN3O3/c1-14-10-18(16(3)24(14)21-9-5-8-20(22)15(21)2)12-23-28-13-17-6-4-7-19(11-17)25(26)27/h4-12H,13H2,1-3H3/b23-12-. The fraction of sp³-hybridized carbons (Fsp3) is 0.190. The molecule has 0 aliphatic heterocycles. The Balaban J connectivity index is 1.76. The summed E-state index contributed by atoms with van der Waals surface area (Å²) in [6.07, 6.45) is 1.65. The second kappa shape index (κ2) is 8.27. The molecule has 1 heterocycles. The van der Waals surface area contributed by atoms with Crippen molar-refractivity contribution in [3.8, 4) is 5.69 Å². The number of halogens is 1. The molecule has 0 aliphatic rings. The number of oxime groups is 1. The number of nitrogens with zero attached hydrogens (tertiary/aromatic N) is 3. The third-order valence-electron chi connectivity index (χ3n) is 4.57. The van der Waals surface area contributed by atoms with Crippen LogP contribution in [0, 0.1) is 30.9 Å². The Morgan fingerprint density at radius 2 is 1.93 bits per heavy atom. The van der Waals surface area contributed by atoms with Crippen molar-refractivity contribution in [2.24, 2.45) is 5.16 Å². The summed E-state index contributed by atoms with van der Waals surface area (Å²) in [4.78, 5) is 15.7. The highest BCUT2D eigenvalue weighted by atomic mass is 35.5. The van der Waals surface area contributed by atoms with Gasteiger partial charge < -0.3 is 9.40 Å². The molecular formula is C21H20ClN3O3. The van der Waals surface area contributed by atoms with Crippen molar-refractivity contribution in [1.29, 1.82) is 0 Å². The normalized spacial score (nSPS) is 11.1. The molecule has 0 saturated carbocycles. The van der Waals surface area contributed by atoms with Crippen LogP contribution in [0.3, 0.4) is 0 Å². The van der Waals surface area contributed by atoms with Crippen LogP contribution in [0.15, 0.2) is 53.7 Å². The number of hydrogen-bond acceptors (Lipinski definition) is 4. The molecule has 6 nitrogen and oxygen atoms in total. The van der Waals surface area contributed by atoms with Crippen LogP contribution in [0.4, 0.5) is 5.69 Å². The highest BCUT2D eigenvalue weighted by molar-refractivity contribution is 6.31. The van der Waals surface area contributed by atoms with Crippen LogP contribution < -0.4 is 0 Å². The van der Waals surface area contributed by atoms with E-state index in [4.69, 9.17) is 16.4 Å². The molecule has 0 saturated heterocycles. The van der Waals surface area contributed by atoms with E-state index < -0.39 is 4.92 Å². The summed E-state index contributed by atoms with van der Waals surface area (Å²) in [6, 6.07) is 14.2. The molecule has 0 N–H and O–H groups in total. The van der Waals surface area contributed by atoms with E-state index in [0.717, 1.165) is 33.2 Å². The fourth-order valence-corrected chi connectivity index (χ4v) is 3.26. The lowest BCUT2D eigenvalue weighted by Gasteiger charge is -2.13. The average molecular weight is 398 g/mol. The van der Waals surface area contributed by atoms with Gasteiger partial charge >= 0.3 is 0 Å². The van der Waals surface area contributed by atoms with Gasteiger partial charge in [0.2, 0.25) is 0 Å². The number of hydrogen-bond donors (Lipinski definition) is 0. The summed E-state index contributed by atoms with van der Waals surface area (Å²) in [5.41, 5.74) is 5.76. The van der Waals surface area contributed by atoms with Gasteiger partial charge in [-0.2, -0.15) is 0 Å². The average Bonchev–Trinajstić information content (AvgIpc) is 2.95. The molecule has 0 fully saturated rings. The Hall–Kier alpha value is -3.12. The van der Waals surface area contributed by atoms with Gasteiger partial charge in [0.05, 0.1) is 11.1 Å². The van der Waals surface area contributed by atoms with Crippen molar-refractivity contribution in [1.82, 2.24) is 4.57 Å². The molecule has 1 aromatic heterocycles. The summed E-state index contributed by atoms with van der Waals surface area (Å²) in [6.45, 7) is 6.18. The van der Waals surface area contributed by atoms with E-state index in [1.54, 1.807) is 18.3 Å². The minimum atomic E-state index is -0.431. The first-order chi connectivity index (χ1) is 13.4. The Morgan fingerprint density at radius 1 is 1.18 bits per heavy atom. The van der Waals surface area contributed by atoms with E-state index in [9.17, 15) is 10.1 Å². The van der Waals surface area contributed by atoms with E-state index in [2.05, 4.69) is 9.72 Å². The molecule has 7 heteroatoms. The molecule has 0 amide bonds. The lowest BCUT2D eigenvalue weighted by Crippen LogP contribution is -2.02. The molecular weight excluding hydrogens is 378 g/mol. The molecule has 3 rings (SSSR count). The van der Waals surface area contributed by atoms with Crippen molar-refractivity contribution in [3.05, 3.63) is 91.7 Å². The van der Waals surface area contributed by atoms with E-state index in [-0.39, 0.29) is 12.3 Å². The zero-order valence-electron chi connectivity index (χ0n) is 15.8. The maximum absolute atomic E-state index is 10.8. The molecule has 0 aliphatic carbocycles. The SMILES string of the molecule is Cc1c(Cl)cccc1-n1c(C)cc(/C=N\OCc2cccc([N+](=O)[O-])c2)c1C. The molecule has 144 valence electrons. The van der Waals surface area contributed by atoms with Crippen LogP contribution in [0.5, 0.6) is 0 Å². The zero-order valence-corrected chi connectivity index (χ0v) is 16.6. The second-order valence-electron chi connectivity index (χ2n) is 6.48. The van der Waals surface area contributed by atoms with E-state index in [1.807, 2.05) is 45.0 Å². The fourth-order valence-electron chi connectivity index (χ4n) is 3.09. The van der Waals surface area contributed by atoms with Gasteiger partial charge in [-0.1, -0.05) is 35.0 Å². The third kappa shape index (κ3) is 4.07. The number of benzene rings is 2. The molecule has 0 atom stereocenters. The number of aromatic nitrogens is 1. The monoisotopic (exact) mass is 397 g/mol. The van der Waals surface area contributed by atoms with Crippen molar-refractivity contribution < 1.29 is 9.76 Å². The van der Waals surface area contributed by atoms with Gasteiger partial charge in [-0.15, -0.1) is 0 Å². The number of aryl methyl sites for hydroxylation is 1. The van der Waals surface area contributed by atoms with Crippen LogP contribution in [-0.4, -0.2) is 15.7 Å². The number of non-ortho nitro benzene ring substituents is 1. The largest absolute Gasteiger partial charge is 0.391 e. The van der Waals surface area contributed by atoms with Gasteiger partial charge in [0, 0.05) is 39.8 Å². The predicted octanol–water partition coefficient (Wildman–Crippen LogP) is 5.51. The first-order valence-corrected chi connectivity index (χ1v) is 9.09. The molecule has 2 aromatic carbocycles. The van der Waals surface area contributed by atoms with Gasteiger partial charge in [0.1, 0.15) is 6.61 Å². The van der Waals surface area contributed by atoms with Gasteiger partial charge in [-0.05, 0) is 50.1 Å². The maximum Gasteiger partial charge on any atom is 0.269 e. The summed E-state index contributed by atoms with van der Waals surface area (Å²) in [7, 11) is 0. The highest BCUT2D eigenvalue weighted by Crippen LogP contribution is 2.26. The number of rotatable bonds is 6. The van der Waals surface area contributed by atoms with Crippen LogP contribution in [0.2, 0.25) is 5.02 Å². The third-order valence-corrected chi connectivity index (χ3v) is 4.98. The first-order valence-electron chi connectivity index (χ1n) is 8.71. The van der Waals surface area contributed by atoms with E-state index in [0.29, 0.717) is 5.56 Å². The summed E-state index contributed by atoms with van der Waals surface area (Å²) in [5.74, 6) is 0. The van der Waals surface area contributed by atoms with Crippen LogP contribution in [0.25, 0.3) is 5.69 Å². The van der Waals surface area contributed by atoms with Crippen molar-refractivity contribution in [3.63, 3.8) is 0 Å². The van der Waals surface area contributed by atoms with Crippen molar-refractivity contribution >= 4 is 23.5 Å². The van der Waals surface area contributed by atoms with Crippen LogP contribution >= 0.6 is 11.6 Å². The molecule has 0 bridgehead atoms. The molecule has 3 aromatic rings. The van der Waals surface area contributed by atoms with Crippen molar-refractivity contribution in [2.45, 2.75) is 27.4 Å². The van der Waals surface area contributed by atoms with Gasteiger partial charge in [0.15, 0.2) is 0 Å². The van der Waals surface area contributed by atoms with Crippen LogP contribution in [0.1, 0.15) is 28.1 Å². The van der Waals surface area contributed by atoms with Gasteiger partial charge in [-0.25, -0.2) is 0 Å². The lowest BCUT2D eigenvalue weighted by atomic mass is 10.2. The zero-order chi connectivity index (χ0) is 20.3. The highest BCUT2D eigenvalue weighted by Gasteiger charge is 2.12. The Morgan fingerprint density at radius 3 is 2.68 bits per heavy atom. The van der Waals surface area contributed by atoms with E-state index >= 15 is 0 Å². The smallest absolute Gasteiger partial charge is 0.269 e. The van der Waals surface area contributed by atoms with Crippen LogP contribution in [-0.2, 0) is 11.4 Å². The maximum atomic E-state index is 10.8. The second-order valence-corrected chi connectivity index (χ2v) is 6.89.